The summed E-state index contributed by atoms with van der Waals surface area (Å²) in [6.07, 6.45) is 2.26. The van der Waals surface area contributed by atoms with Crippen molar-refractivity contribution in [3.05, 3.63) is 17.7 Å². The molecule has 1 atom stereocenters. The minimum atomic E-state index is -0.584. The first kappa shape index (κ1) is 15.6. The Kier molecular flexibility index (Phi) is 5.83. The third-order valence-electron chi connectivity index (χ3n) is 2.89. The number of carbonyl (C=O) groups is 1. The average molecular weight is 313 g/mol. The van der Waals surface area contributed by atoms with Crippen molar-refractivity contribution in [2.45, 2.75) is 6.04 Å². The first-order valence-corrected chi connectivity index (χ1v) is 7.05. The predicted octanol–water partition coefficient (Wildman–Crippen LogP) is 2.02. The number of ether oxygens (including phenoxy) is 3. The second kappa shape index (κ2) is 7.85. The fourth-order valence-corrected chi connectivity index (χ4v) is 2.06. The molecule has 0 aromatic heterocycles. The van der Waals surface area contributed by atoms with Crippen LogP contribution in [0.1, 0.15) is 11.6 Å². The number of benzene rings is 1. The van der Waals surface area contributed by atoms with Crippen LogP contribution in [0.2, 0.25) is 0 Å². The molecule has 1 aromatic carbocycles. The molecular formula is C14H17ClN2O4. The van der Waals surface area contributed by atoms with E-state index in [4.69, 9.17) is 25.8 Å². The fraction of sp³-hybridized carbons (Fsp3) is 0.429. The third-order valence-corrected chi connectivity index (χ3v) is 3.04. The van der Waals surface area contributed by atoms with Crippen LogP contribution in [-0.4, -0.2) is 45.4 Å². The Bertz CT molecular complexity index is 522. The Morgan fingerprint density at radius 3 is 2.90 bits per heavy atom. The van der Waals surface area contributed by atoms with E-state index in [-0.39, 0.29) is 0 Å². The maximum absolute atomic E-state index is 11.2. The summed E-state index contributed by atoms with van der Waals surface area (Å²) in [7, 11) is 1.61. The summed E-state index contributed by atoms with van der Waals surface area (Å²) in [5.74, 6) is 1.52. The molecule has 1 unspecified atom stereocenters. The van der Waals surface area contributed by atoms with Crippen molar-refractivity contribution in [3.63, 3.8) is 0 Å². The molecule has 0 aliphatic carbocycles. The maximum atomic E-state index is 11.2. The second-order valence-electron chi connectivity index (χ2n) is 4.26. The average Bonchev–Trinajstić information content (AvgIpc) is 2.52. The normalized spacial score (nSPS) is 16.0. The van der Waals surface area contributed by atoms with Gasteiger partial charge < -0.3 is 24.3 Å². The van der Waals surface area contributed by atoms with E-state index in [2.05, 4.69) is 10.3 Å². The van der Waals surface area contributed by atoms with Crippen molar-refractivity contribution < 1.29 is 19.0 Å². The number of aliphatic imine (C=N–C) groups is 1. The van der Waals surface area contributed by atoms with Gasteiger partial charge in [0.25, 0.3) is 0 Å². The van der Waals surface area contributed by atoms with Crippen LogP contribution >= 0.6 is 11.6 Å². The minimum absolute atomic E-state index is 0.338. The first-order chi connectivity index (χ1) is 10.3. The Morgan fingerprint density at radius 2 is 2.19 bits per heavy atom. The van der Waals surface area contributed by atoms with E-state index < -0.39 is 6.04 Å². The highest BCUT2D eigenvalue weighted by atomic mass is 35.5. The smallest absolute Gasteiger partial charge is 0.149 e. The number of anilines is 1. The number of alkyl halides is 1. The number of rotatable bonds is 8. The highest BCUT2D eigenvalue weighted by Crippen LogP contribution is 2.39. The molecule has 21 heavy (non-hydrogen) atoms. The summed E-state index contributed by atoms with van der Waals surface area (Å²) >= 11 is 5.66. The zero-order valence-corrected chi connectivity index (χ0v) is 12.4. The monoisotopic (exact) mass is 312 g/mol. The lowest BCUT2D eigenvalue weighted by Gasteiger charge is -2.22. The van der Waals surface area contributed by atoms with E-state index in [0.29, 0.717) is 42.8 Å². The van der Waals surface area contributed by atoms with Gasteiger partial charge in [0.15, 0.2) is 0 Å². The van der Waals surface area contributed by atoms with Gasteiger partial charge in [0, 0.05) is 24.8 Å². The maximum Gasteiger partial charge on any atom is 0.149 e. The number of methoxy groups -OCH3 is 1. The topological polar surface area (TPSA) is 69.2 Å². The molecule has 0 saturated carbocycles. The zero-order valence-electron chi connectivity index (χ0n) is 11.7. The van der Waals surface area contributed by atoms with Crippen LogP contribution in [0.25, 0.3) is 0 Å². The van der Waals surface area contributed by atoms with Gasteiger partial charge in [-0.05, 0) is 0 Å². The van der Waals surface area contributed by atoms with Gasteiger partial charge in [-0.25, -0.2) is 0 Å². The van der Waals surface area contributed by atoms with Gasteiger partial charge in [-0.15, -0.1) is 11.6 Å². The molecule has 1 aliphatic rings. The molecule has 114 valence electrons. The Labute approximate surface area is 128 Å². The fourth-order valence-electron chi connectivity index (χ4n) is 1.98. The van der Waals surface area contributed by atoms with Crippen molar-refractivity contribution in [3.8, 4) is 11.5 Å². The molecule has 0 bridgehead atoms. The van der Waals surface area contributed by atoms with Crippen molar-refractivity contribution >= 4 is 29.9 Å². The van der Waals surface area contributed by atoms with Gasteiger partial charge >= 0.3 is 0 Å². The number of hydrogen-bond donors (Lipinski definition) is 1. The van der Waals surface area contributed by atoms with Crippen LogP contribution in [-0.2, 0) is 9.53 Å². The van der Waals surface area contributed by atoms with Gasteiger partial charge in [0.1, 0.15) is 37.0 Å². The van der Waals surface area contributed by atoms with Gasteiger partial charge in [-0.2, -0.15) is 0 Å². The molecule has 1 aliphatic heterocycles. The standard InChI is InChI=1S/C14H17ClN2O4/c1-19-4-5-20-10-6-11-14(12(8-18)17-9-16-11)13(7-10)21-3-2-15/h6-9,12H,2-5H2,1H3,(H,16,17). The minimum Gasteiger partial charge on any atom is -0.492 e. The van der Waals surface area contributed by atoms with E-state index in [9.17, 15) is 4.79 Å². The SMILES string of the molecule is COCCOc1cc2c(c(OCCCl)c1)C(C=O)N=CN2. The molecule has 0 fully saturated rings. The molecule has 6 nitrogen and oxygen atoms in total. The number of carbonyl (C=O) groups excluding carboxylic acids is 1. The van der Waals surface area contributed by atoms with Crippen LogP contribution in [0.3, 0.4) is 0 Å². The second-order valence-corrected chi connectivity index (χ2v) is 4.64. The Hall–Kier alpha value is -1.79. The van der Waals surface area contributed by atoms with Crippen molar-refractivity contribution in [1.82, 2.24) is 0 Å². The van der Waals surface area contributed by atoms with Gasteiger partial charge in [0.2, 0.25) is 0 Å². The van der Waals surface area contributed by atoms with Crippen LogP contribution in [0.15, 0.2) is 17.1 Å². The van der Waals surface area contributed by atoms with Crippen molar-refractivity contribution in [1.29, 1.82) is 0 Å². The third kappa shape index (κ3) is 3.86. The van der Waals surface area contributed by atoms with Gasteiger partial charge in [-0.3, -0.25) is 4.99 Å². The number of fused-ring (bicyclic) bond motifs is 1. The molecule has 0 spiro atoms. The largest absolute Gasteiger partial charge is 0.492 e. The predicted molar refractivity (Wildman–Crippen MR) is 80.9 cm³/mol. The molecule has 1 aromatic rings. The quantitative estimate of drug-likeness (QED) is 0.452. The molecule has 2 rings (SSSR count). The Balaban J connectivity index is 2.29. The zero-order chi connectivity index (χ0) is 15.1. The molecular weight excluding hydrogens is 296 g/mol. The summed E-state index contributed by atoms with van der Waals surface area (Å²) in [5, 5.41) is 3.00. The number of halogens is 1. The van der Waals surface area contributed by atoms with Crippen LogP contribution in [0, 0.1) is 0 Å². The van der Waals surface area contributed by atoms with Crippen molar-refractivity contribution in [2.24, 2.45) is 4.99 Å². The molecule has 0 radical (unpaired) electrons. The summed E-state index contributed by atoms with van der Waals surface area (Å²) in [6, 6.07) is 2.96. The number of nitrogens with one attached hydrogen (secondary N) is 1. The van der Waals surface area contributed by atoms with Gasteiger partial charge in [0.05, 0.1) is 24.5 Å². The molecule has 1 heterocycles. The van der Waals surface area contributed by atoms with E-state index in [0.717, 1.165) is 12.0 Å². The lowest BCUT2D eigenvalue weighted by atomic mass is 10.0. The number of aldehydes is 1. The van der Waals surface area contributed by atoms with Crippen LogP contribution in [0.4, 0.5) is 5.69 Å². The van der Waals surface area contributed by atoms with Crippen molar-refractivity contribution in [2.75, 3.05) is 38.1 Å². The lowest BCUT2D eigenvalue weighted by molar-refractivity contribution is -0.108. The van der Waals surface area contributed by atoms with Crippen LogP contribution in [0.5, 0.6) is 11.5 Å². The van der Waals surface area contributed by atoms with E-state index >= 15 is 0 Å². The van der Waals surface area contributed by atoms with Gasteiger partial charge in [-0.1, -0.05) is 0 Å². The number of nitrogens with zero attached hydrogens (tertiary/aromatic N) is 1. The van der Waals surface area contributed by atoms with E-state index in [1.54, 1.807) is 19.2 Å². The molecule has 7 heteroatoms. The summed E-state index contributed by atoms with van der Waals surface area (Å²) in [4.78, 5) is 15.3. The summed E-state index contributed by atoms with van der Waals surface area (Å²) < 4.78 is 16.2. The van der Waals surface area contributed by atoms with Crippen LogP contribution < -0.4 is 14.8 Å². The van der Waals surface area contributed by atoms with E-state index in [1.165, 1.54) is 6.34 Å². The lowest BCUT2D eigenvalue weighted by Crippen LogP contribution is -2.14. The molecule has 0 amide bonds. The summed E-state index contributed by atoms with van der Waals surface area (Å²) in [6.45, 7) is 1.25. The number of hydrogen-bond acceptors (Lipinski definition) is 6. The highest BCUT2D eigenvalue weighted by Gasteiger charge is 2.23. The van der Waals surface area contributed by atoms with E-state index in [1.807, 2.05) is 0 Å². The molecule has 1 N–H and O–H groups in total. The highest BCUT2D eigenvalue weighted by molar-refractivity contribution is 6.18. The Morgan fingerprint density at radius 1 is 1.33 bits per heavy atom. The summed E-state index contributed by atoms with van der Waals surface area (Å²) in [5.41, 5.74) is 1.43. The molecule has 0 saturated heterocycles. The first-order valence-electron chi connectivity index (χ1n) is 6.52.